The molecule has 1 aromatic carbocycles. The van der Waals surface area contributed by atoms with Crippen molar-refractivity contribution in [3.05, 3.63) is 98.4 Å². The van der Waals surface area contributed by atoms with Crippen molar-refractivity contribution in [2.45, 2.75) is 19.5 Å². The molecule has 0 saturated heterocycles. The van der Waals surface area contributed by atoms with Gasteiger partial charge in [-0.25, -0.2) is 4.98 Å². The summed E-state index contributed by atoms with van der Waals surface area (Å²) in [6, 6.07) is 13.7. The van der Waals surface area contributed by atoms with E-state index in [2.05, 4.69) is 19.9 Å². The van der Waals surface area contributed by atoms with E-state index in [1.807, 2.05) is 12.1 Å². The number of fused-ring (bicyclic) bond motifs is 1. The third-order valence-corrected chi connectivity index (χ3v) is 5.49. The molecular weight excluding hydrogens is 410 g/mol. The minimum atomic E-state index is -0.419. The average Bonchev–Trinajstić information content (AvgIpc) is 3.28. The van der Waals surface area contributed by atoms with Gasteiger partial charge in [0.25, 0.3) is 11.2 Å². The smallest absolute Gasteiger partial charge is 0.280 e. The molecule has 0 saturated carbocycles. The number of nitrogens with one attached hydrogen (secondary N) is 1. The lowest BCUT2D eigenvalue weighted by Gasteiger charge is -2.26. The number of nitro groups is 1. The predicted molar refractivity (Wildman–Crippen MR) is 117 cm³/mol. The number of nitrogens with zero attached hydrogens (tertiary/aromatic N) is 4. The van der Waals surface area contributed by atoms with E-state index in [1.165, 1.54) is 6.07 Å². The summed E-state index contributed by atoms with van der Waals surface area (Å²) >= 11 is 0. The first-order valence-corrected chi connectivity index (χ1v) is 10.2. The molecule has 0 fully saturated rings. The Balaban J connectivity index is 1.35. The van der Waals surface area contributed by atoms with Gasteiger partial charge in [0.2, 0.25) is 0 Å². The van der Waals surface area contributed by atoms with Crippen LogP contribution in [0.25, 0.3) is 22.7 Å². The van der Waals surface area contributed by atoms with Crippen LogP contribution in [-0.4, -0.2) is 31.3 Å². The maximum Gasteiger partial charge on any atom is 0.280 e. The number of benzene rings is 1. The molecule has 0 aliphatic carbocycles. The van der Waals surface area contributed by atoms with E-state index in [0.29, 0.717) is 48.0 Å². The standard InChI is InChI=1S/C23H19N5O4/c29-23-18-14-27(11-9-19(18)25-22(26-23)15-4-3-10-24-12-15)13-16-7-8-21(32-16)17-5-1-2-6-20(17)28(30)31/h1-8,10,12H,9,11,13-14H2,(H,25,26,29). The number of pyridine rings is 1. The summed E-state index contributed by atoms with van der Waals surface area (Å²) in [4.78, 5) is 37.3. The fourth-order valence-electron chi connectivity index (χ4n) is 3.92. The molecule has 0 amide bonds. The number of aromatic nitrogens is 3. The number of nitro benzene ring substituents is 1. The summed E-state index contributed by atoms with van der Waals surface area (Å²) in [5.74, 6) is 1.65. The fourth-order valence-corrected chi connectivity index (χ4v) is 3.92. The van der Waals surface area contributed by atoms with E-state index in [0.717, 1.165) is 17.8 Å². The van der Waals surface area contributed by atoms with Crippen molar-refractivity contribution in [3.8, 4) is 22.7 Å². The number of aromatic amines is 1. The van der Waals surface area contributed by atoms with E-state index in [1.54, 1.807) is 42.7 Å². The van der Waals surface area contributed by atoms with Gasteiger partial charge in [-0.1, -0.05) is 12.1 Å². The van der Waals surface area contributed by atoms with Gasteiger partial charge in [0.15, 0.2) is 0 Å². The van der Waals surface area contributed by atoms with Crippen molar-refractivity contribution in [1.29, 1.82) is 0 Å². The first-order chi connectivity index (χ1) is 15.6. The van der Waals surface area contributed by atoms with Gasteiger partial charge in [0.05, 0.1) is 28.3 Å². The highest BCUT2D eigenvalue weighted by molar-refractivity contribution is 5.69. The van der Waals surface area contributed by atoms with Crippen molar-refractivity contribution >= 4 is 5.69 Å². The minimum absolute atomic E-state index is 0.00216. The van der Waals surface area contributed by atoms with Gasteiger partial charge in [-0.05, 0) is 30.3 Å². The van der Waals surface area contributed by atoms with Crippen LogP contribution in [0.15, 0.2) is 70.1 Å². The van der Waals surface area contributed by atoms with E-state index in [9.17, 15) is 14.9 Å². The Kier molecular flexibility index (Phi) is 5.08. The monoisotopic (exact) mass is 429 g/mol. The van der Waals surface area contributed by atoms with Crippen molar-refractivity contribution in [2.75, 3.05) is 6.54 Å². The third kappa shape index (κ3) is 3.81. The highest BCUT2D eigenvalue weighted by Gasteiger charge is 2.23. The second-order valence-corrected chi connectivity index (χ2v) is 7.58. The first kappa shape index (κ1) is 19.8. The van der Waals surface area contributed by atoms with E-state index in [-0.39, 0.29) is 11.2 Å². The summed E-state index contributed by atoms with van der Waals surface area (Å²) in [5, 5.41) is 11.3. The number of H-pyrrole nitrogens is 1. The number of para-hydroxylation sites is 1. The number of furan rings is 1. The Labute approximate surface area is 182 Å². The highest BCUT2D eigenvalue weighted by Crippen LogP contribution is 2.31. The van der Waals surface area contributed by atoms with Gasteiger partial charge in [-0.2, -0.15) is 0 Å². The Morgan fingerprint density at radius 3 is 2.84 bits per heavy atom. The molecule has 4 aromatic rings. The Morgan fingerprint density at radius 1 is 1.16 bits per heavy atom. The topological polar surface area (TPSA) is 118 Å². The molecule has 4 heterocycles. The number of hydrogen-bond donors (Lipinski definition) is 1. The summed E-state index contributed by atoms with van der Waals surface area (Å²) in [6.07, 6.45) is 3.99. The van der Waals surface area contributed by atoms with Crippen LogP contribution in [-0.2, 0) is 19.5 Å². The number of hydrogen-bond acceptors (Lipinski definition) is 7. The lowest BCUT2D eigenvalue weighted by atomic mass is 10.1. The van der Waals surface area contributed by atoms with Crippen LogP contribution in [0, 0.1) is 10.1 Å². The second-order valence-electron chi connectivity index (χ2n) is 7.58. The van der Waals surface area contributed by atoms with Crippen LogP contribution in [0.4, 0.5) is 5.69 Å². The largest absolute Gasteiger partial charge is 0.459 e. The van der Waals surface area contributed by atoms with Gasteiger partial charge in [0.1, 0.15) is 17.3 Å². The van der Waals surface area contributed by atoms with E-state index in [4.69, 9.17) is 4.42 Å². The minimum Gasteiger partial charge on any atom is -0.459 e. The molecule has 1 N–H and O–H groups in total. The van der Waals surface area contributed by atoms with Gasteiger partial charge in [-0.15, -0.1) is 0 Å². The van der Waals surface area contributed by atoms with Crippen LogP contribution in [0.3, 0.4) is 0 Å². The predicted octanol–water partition coefficient (Wildman–Crippen LogP) is 3.56. The van der Waals surface area contributed by atoms with Gasteiger partial charge in [0, 0.05) is 43.5 Å². The van der Waals surface area contributed by atoms with Crippen LogP contribution >= 0.6 is 0 Å². The third-order valence-electron chi connectivity index (χ3n) is 5.49. The zero-order chi connectivity index (χ0) is 22.1. The Bertz CT molecular complexity index is 1350. The molecule has 0 atom stereocenters. The van der Waals surface area contributed by atoms with Crippen LogP contribution < -0.4 is 5.56 Å². The number of rotatable bonds is 5. The van der Waals surface area contributed by atoms with Crippen LogP contribution in [0.2, 0.25) is 0 Å². The van der Waals surface area contributed by atoms with E-state index >= 15 is 0 Å². The molecule has 1 aliphatic heterocycles. The molecule has 0 spiro atoms. The van der Waals surface area contributed by atoms with Crippen molar-refractivity contribution in [1.82, 2.24) is 19.9 Å². The van der Waals surface area contributed by atoms with Crippen LogP contribution in [0.1, 0.15) is 17.0 Å². The zero-order valence-electron chi connectivity index (χ0n) is 17.0. The normalized spacial score (nSPS) is 13.6. The maximum atomic E-state index is 12.7. The van der Waals surface area contributed by atoms with Crippen molar-refractivity contribution < 1.29 is 9.34 Å². The molecule has 160 valence electrons. The van der Waals surface area contributed by atoms with Gasteiger partial charge >= 0.3 is 0 Å². The highest BCUT2D eigenvalue weighted by atomic mass is 16.6. The molecule has 0 unspecified atom stereocenters. The van der Waals surface area contributed by atoms with Crippen molar-refractivity contribution in [3.63, 3.8) is 0 Å². The van der Waals surface area contributed by atoms with Gasteiger partial charge in [-0.3, -0.25) is 24.8 Å². The molecule has 9 nitrogen and oxygen atoms in total. The average molecular weight is 429 g/mol. The first-order valence-electron chi connectivity index (χ1n) is 10.2. The van der Waals surface area contributed by atoms with Crippen LogP contribution in [0.5, 0.6) is 0 Å². The zero-order valence-corrected chi connectivity index (χ0v) is 17.0. The lowest BCUT2D eigenvalue weighted by molar-refractivity contribution is -0.384. The SMILES string of the molecule is O=c1[nH]c(-c2cccnc2)nc2c1CN(Cc1ccc(-c3ccccc3[N+](=O)[O-])o1)CC2. The second kappa shape index (κ2) is 8.20. The molecule has 0 radical (unpaired) electrons. The molecule has 0 bridgehead atoms. The molecule has 1 aliphatic rings. The van der Waals surface area contributed by atoms with Crippen molar-refractivity contribution in [2.24, 2.45) is 0 Å². The molecular formula is C23H19N5O4. The fraction of sp³-hybridized carbons (Fsp3) is 0.174. The summed E-state index contributed by atoms with van der Waals surface area (Å²) in [6.45, 7) is 1.66. The lowest BCUT2D eigenvalue weighted by Crippen LogP contribution is -2.35. The van der Waals surface area contributed by atoms with Gasteiger partial charge < -0.3 is 9.40 Å². The Hall–Kier alpha value is -4.11. The molecule has 9 heteroatoms. The Morgan fingerprint density at radius 2 is 2.03 bits per heavy atom. The summed E-state index contributed by atoms with van der Waals surface area (Å²) in [5.41, 5.74) is 2.50. The quantitative estimate of drug-likeness (QED) is 0.381. The molecule has 5 rings (SSSR count). The summed E-state index contributed by atoms with van der Waals surface area (Å²) < 4.78 is 5.90. The molecule has 32 heavy (non-hydrogen) atoms. The summed E-state index contributed by atoms with van der Waals surface area (Å²) in [7, 11) is 0. The van der Waals surface area contributed by atoms with E-state index < -0.39 is 4.92 Å². The maximum absolute atomic E-state index is 12.7. The molecule has 3 aromatic heterocycles.